The molecule has 10 heteroatoms. The third-order valence-electron chi connectivity index (χ3n) is 5.70. The second-order valence-electron chi connectivity index (χ2n) is 8.40. The fourth-order valence-electron chi connectivity index (χ4n) is 3.89. The van der Waals surface area contributed by atoms with Crippen molar-refractivity contribution in [3.8, 4) is 0 Å². The molecule has 0 aliphatic carbocycles. The summed E-state index contributed by atoms with van der Waals surface area (Å²) < 4.78 is 53.3. The maximum Gasteiger partial charge on any atom is 0.247 e. The molecule has 0 saturated carbocycles. The molecule has 8 nitrogen and oxygen atoms in total. The Labute approximate surface area is 196 Å². The Bertz CT molecular complexity index is 1170. The molecule has 0 aromatic heterocycles. The number of anilines is 2. The van der Waals surface area contributed by atoms with Crippen molar-refractivity contribution in [1.82, 2.24) is 4.31 Å². The summed E-state index contributed by atoms with van der Waals surface area (Å²) in [5.41, 5.74) is 1.75. The number of hydrogen-bond acceptors (Lipinski definition) is 5. The van der Waals surface area contributed by atoms with Crippen LogP contribution in [-0.4, -0.2) is 52.4 Å². The van der Waals surface area contributed by atoms with Crippen molar-refractivity contribution >= 4 is 37.3 Å². The number of benzene rings is 2. The lowest BCUT2D eigenvalue weighted by atomic mass is 10.2. The Hall–Kier alpha value is -2.43. The number of rotatable bonds is 7. The molecule has 33 heavy (non-hydrogen) atoms. The number of carbonyl (C=O) groups excluding carboxylic acids is 1. The molecule has 1 N–H and O–H groups in total. The maximum atomic E-state index is 12.9. The first-order chi connectivity index (χ1) is 15.5. The van der Waals surface area contributed by atoms with Crippen LogP contribution in [0.4, 0.5) is 11.4 Å². The highest BCUT2D eigenvalue weighted by molar-refractivity contribution is 7.92. The first-order valence-electron chi connectivity index (χ1n) is 11.0. The van der Waals surface area contributed by atoms with E-state index in [4.69, 9.17) is 0 Å². The molecule has 2 aromatic rings. The molecule has 1 saturated heterocycles. The van der Waals surface area contributed by atoms with Gasteiger partial charge in [0.15, 0.2) is 0 Å². The average Bonchev–Trinajstić information content (AvgIpc) is 3.05. The van der Waals surface area contributed by atoms with Gasteiger partial charge in [0, 0.05) is 18.8 Å². The lowest BCUT2D eigenvalue weighted by molar-refractivity contribution is -0.116. The lowest BCUT2D eigenvalue weighted by Gasteiger charge is -2.28. The molecule has 1 aliphatic heterocycles. The Balaban J connectivity index is 1.75. The monoisotopic (exact) mass is 493 g/mol. The van der Waals surface area contributed by atoms with E-state index in [2.05, 4.69) is 5.32 Å². The minimum absolute atomic E-state index is 0.174. The van der Waals surface area contributed by atoms with Gasteiger partial charge in [-0.25, -0.2) is 16.8 Å². The Morgan fingerprint density at radius 1 is 0.909 bits per heavy atom. The van der Waals surface area contributed by atoms with Gasteiger partial charge in [-0.05, 0) is 63.1 Å². The van der Waals surface area contributed by atoms with Crippen molar-refractivity contribution in [3.05, 3.63) is 54.1 Å². The number of carbonyl (C=O) groups is 1. The van der Waals surface area contributed by atoms with Crippen LogP contribution in [0.3, 0.4) is 0 Å². The minimum atomic E-state index is -3.72. The van der Waals surface area contributed by atoms with Gasteiger partial charge in [-0.2, -0.15) is 4.31 Å². The molecule has 1 heterocycles. The normalized spacial score (nSPS) is 16.6. The predicted molar refractivity (Wildman–Crippen MR) is 130 cm³/mol. The van der Waals surface area contributed by atoms with Gasteiger partial charge in [-0.3, -0.25) is 9.10 Å². The van der Waals surface area contributed by atoms with Crippen LogP contribution in [0.25, 0.3) is 0 Å². The van der Waals surface area contributed by atoms with Crippen LogP contribution in [0, 0.1) is 6.92 Å². The van der Waals surface area contributed by atoms with Crippen molar-refractivity contribution in [1.29, 1.82) is 0 Å². The van der Waals surface area contributed by atoms with Gasteiger partial charge in [-0.15, -0.1) is 0 Å². The van der Waals surface area contributed by atoms with Gasteiger partial charge in [0.2, 0.25) is 26.0 Å². The second kappa shape index (κ2) is 10.2. The summed E-state index contributed by atoms with van der Waals surface area (Å²) in [5.74, 6) is -0.524. The molecular weight excluding hydrogens is 462 g/mol. The van der Waals surface area contributed by atoms with E-state index in [0.717, 1.165) is 41.8 Å². The molecule has 0 spiro atoms. The highest BCUT2D eigenvalue weighted by Crippen LogP contribution is 2.24. The smallest absolute Gasteiger partial charge is 0.247 e. The lowest BCUT2D eigenvalue weighted by Crippen LogP contribution is -2.45. The van der Waals surface area contributed by atoms with Crippen molar-refractivity contribution in [2.45, 2.75) is 50.5 Å². The van der Waals surface area contributed by atoms with Gasteiger partial charge >= 0.3 is 0 Å². The fraction of sp³-hybridized carbons (Fsp3) is 0.435. The Morgan fingerprint density at radius 2 is 1.45 bits per heavy atom. The van der Waals surface area contributed by atoms with Crippen LogP contribution >= 0.6 is 0 Å². The molecule has 1 fully saturated rings. The Kier molecular flexibility index (Phi) is 7.81. The quantitative estimate of drug-likeness (QED) is 0.637. The van der Waals surface area contributed by atoms with Crippen LogP contribution in [-0.2, 0) is 24.8 Å². The molecule has 3 rings (SSSR count). The zero-order valence-corrected chi connectivity index (χ0v) is 20.8. The van der Waals surface area contributed by atoms with Crippen LogP contribution < -0.4 is 9.62 Å². The van der Waals surface area contributed by atoms with Crippen molar-refractivity contribution in [2.75, 3.05) is 29.0 Å². The van der Waals surface area contributed by atoms with Crippen LogP contribution in [0.1, 0.15) is 38.2 Å². The first-order valence-corrected chi connectivity index (χ1v) is 14.3. The van der Waals surface area contributed by atoms with E-state index >= 15 is 0 Å². The molecular formula is C23H31N3O5S2. The molecule has 0 unspecified atom stereocenters. The summed E-state index contributed by atoms with van der Waals surface area (Å²) in [5, 5.41) is 2.69. The number of nitrogens with zero attached hydrogens (tertiary/aromatic N) is 2. The van der Waals surface area contributed by atoms with Gasteiger partial charge < -0.3 is 5.32 Å². The predicted octanol–water partition coefficient (Wildman–Crippen LogP) is 3.35. The summed E-state index contributed by atoms with van der Waals surface area (Å²) in [6, 6.07) is 11.8. The van der Waals surface area contributed by atoms with Crippen LogP contribution in [0.15, 0.2) is 53.4 Å². The summed E-state index contributed by atoms with van der Waals surface area (Å²) in [4.78, 5) is 13.0. The third-order valence-corrected chi connectivity index (χ3v) is 8.86. The molecule has 1 amide bonds. The molecule has 0 radical (unpaired) electrons. The number of nitrogens with one attached hydrogen (secondary N) is 1. The summed E-state index contributed by atoms with van der Waals surface area (Å²) in [6.45, 7) is 4.42. The Morgan fingerprint density at radius 3 is 1.97 bits per heavy atom. The topological polar surface area (TPSA) is 104 Å². The fourth-order valence-corrected chi connectivity index (χ4v) is 6.58. The summed E-state index contributed by atoms with van der Waals surface area (Å²) in [6.07, 6.45) is 4.82. The van der Waals surface area contributed by atoms with Gasteiger partial charge in [0.05, 0.1) is 16.8 Å². The van der Waals surface area contributed by atoms with Crippen molar-refractivity contribution in [3.63, 3.8) is 0 Å². The van der Waals surface area contributed by atoms with Gasteiger partial charge in [-0.1, -0.05) is 30.5 Å². The van der Waals surface area contributed by atoms with Crippen molar-refractivity contribution < 1.29 is 21.6 Å². The van der Waals surface area contributed by atoms with E-state index in [1.807, 2.05) is 6.92 Å². The largest absolute Gasteiger partial charge is 0.324 e. The average molecular weight is 494 g/mol. The zero-order valence-electron chi connectivity index (χ0n) is 19.2. The number of amides is 1. The molecule has 2 aromatic carbocycles. The summed E-state index contributed by atoms with van der Waals surface area (Å²) in [7, 11) is -7.31. The van der Waals surface area contributed by atoms with Gasteiger partial charge in [0.25, 0.3) is 0 Å². The maximum absolute atomic E-state index is 12.9. The molecule has 1 aliphatic rings. The molecule has 180 valence electrons. The molecule has 1 atom stereocenters. The van der Waals surface area contributed by atoms with Gasteiger partial charge in [0.1, 0.15) is 6.04 Å². The van der Waals surface area contributed by atoms with E-state index in [9.17, 15) is 21.6 Å². The van der Waals surface area contributed by atoms with E-state index in [-0.39, 0.29) is 4.90 Å². The second-order valence-corrected chi connectivity index (χ2v) is 12.2. The van der Waals surface area contributed by atoms with E-state index < -0.39 is 32.0 Å². The number of hydrogen-bond donors (Lipinski definition) is 1. The summed E-state index contributed by atoms with van der Waals surface area (Å²) >= 11 is 0. The first kappa shape index (κ1) is 25.2. The van der Waals surface area contributed by atoms with E-state index in [1.165, 1.54) is 35.5 Å². The van der Waals surface area contributed by atoms with Crippen LogP contribution in [0.2, 0.25) is 0 Å². The highest BCUT2D eigenvalue weighted by atomic mass is 32.2. The minimum Gasteiger partial charge on any atom is -0.324 e. The SMILES string of the molecule is Cc1ccc(N([C@H](C)C(=O)Nc2ccc(S(=O)(=O)N3CCCCCC3)cc2)S(C)(=O)=O)cc1. The van der Waals surface area contributed by atoms with Crippen LogP contribution in [0.5, 0.6) is 0 Å². The standard InChI is InChI=1S/C23H31N3O5S2/c1-18-8-12-21(13-9-18)26(32(3,28)29)19(2)23(27)24-20-10-14-22(15-11-20)33(30,31)25-16-6-4-5-7-17-25/h8-15,19H,4-7,16-17H2,1-3H3,(H,24,27)/t19-/m1/s1. The number of sulfonamides is 2. The van der Waals surface area contributed by atoms with E-state index in [0.29, 0.717) is 24.5 Å². The highest BCUT2D eigenvalue weighted by Gasteiger charge is 2.29. The number of aryl methyl sites for hydroxylation is 1. The van der Waals surface area contributed by atoms with Crippen molar-refractivity contribution in [2.24, 2.45) is 0 Å². The zero-order chi connectivity index (χ0) is 24.2. The van der Waals surface area contributed by atoms with E-state index in [1.54, 1.807) is 24.3 Å². The molecule has 0 bridgehead atoms. The third kappa shape index (κ3) is 6.13.